The number of para-hydroxylation sites is 1. The molecule has 4 nitrogen and oxygen atoms in total. The topological polar surface area (TPSA) is 38.0 Å². The van der Waals surface area contributed by atoms with E-state index in [-0.39, 0.29) is 12.2 Å². The van der Waals surface area contributed by atoms with E-state index in [0.717, 1.165) is 35.3 Å². The predicted octanol–water partition coefficient (Wildman–Crippen LogP) is 5.34. The van der Waals surface area contributed by atoms with E-state index in [0.29, 0.717) is 0 Å². The van der Waals surface area contributed by atoms with Gasteiger partial charge in [0.2, 0.25) is 0 Å². The standard InChI is InChI=1S/C23H22N2O2/c1-15-14-27-23-8-7-17(13-19(15)23)20-9-11-24-16(2)25(20)21-10-12-26-22-6-4-3-5-18(21)22/h3-9,11,13-14,16,21H,10,12H2,1-2H3/t16?,21-/m1/s1. The Bertz CT molecular complexity index is 1060. The lowest BCUT2D eigenvalue weighted by Gasteiger charge is -2.42. The predicted molar refractivity (Wildman–Crippen MR) is 108 cm³/mol. The van der Waals surface area contributed by atoms with Gasteiger partial charge in [0.05, 0.1) is 18.9 Å². The number of rotatable bonds is 2. The van der Waals surface area contributed by atoms with Crippen molar-refractivity contribution >= 4 is 22.9 Å². The van der Waals surface area contributed by atoms with E-state index >= 15 is 0 Å². The third-order valence-corrected chi connectivity index (χ3v) is 5.54. The first-order chi connectivity index (χ1) is 13.2. The fourth-order valence-electron chi connectivity index (χ4n) is 4.20. The van der Waals surface area contributed by atoms with Crippen molar-refractivity contribution in [2.24, 2.45) is 4.99 Å². The second kappa shape index (κ2) is 6.31. The molecule has 4 heteroatoms. The maximum absolute atomic E-state index is 5.89. The molecular weight excluding hydrogens is 336 g/mol. The molecule has 0 N–H and O–H groups in total. The molecule has 5 rings (SSSR count). The fourth-order valence-corrected chi connectivity index (χ4v) is 4.20. The molecule has 0 fully saturated rings. The zero-order valence-corrected chi connectivity index (χ0v) is 15.6. The Morgan fingerprint density at radius 1 is 1.15 bits per heavy atom. The first-order valence-electron chi connectivity index (χ1n) is 9.44. The van der Waals surface area contributed by atoms with Crippen molar-refractivity contribution < 1.29 is 9.15 Å². The molecule has 2 aliphatic rings. The van der Waals surface area contributed by atoms with Gasteiger partial charge in [-0.3, -0.25) is 4.99 Å². The van der Waals surface area contributed by atoms with Gasteiger partial charge in [0.1, 0.15) is 17.5 Å². The third kappa shape index (κ3) is 2.64. The average molecular weight is 358 g/mol. The van der Waals surface area contributed by atoms with E-state index in [1.54, 1.807) is 0 Å². The van der Waals surface area contributed by atoms with Crippen molar-refractivity contribution in [1.29, 1.82) is 0 Å². The Hall–Kier alpha value is -3.01. The lowest BCUT2D eigenvalue weighted by atomic mass is 9.95. The molecule has 2 aliphatic heterocycles. The zero-order chi connectivity index (χ0) is 18.4. The summed E-state index contributed by atoms with van der Waals surface area (Å²) in [6.45, 7) is 4.96. The smallest absolute Gasteiger partial charge is 0.134 e. The second-order valence-corrected chi connectivity index (χ2v) is 7.21. The number of nitrogens with zero attached hydrogens (tertiary/aromatic N) is 2. The minimum Gasteiger partial charge on any atom is -0.493 e. The molecule has 0 aliphatic carbocycles. The highest BCUT2D eigenvalue weighted by Crippen LogP contribution is 2.42. The molecule has 2 atom stereocenters. The maximum Gasteiger partial charge on any atom is 0.134 e. The average Bonchev–Trinajstić information content (AvgIpc) is 3.08. The van der Waals surface area contributed by atoms with Crippen LogP contribution in [0.25, 0.3) is 16.7 Å². The first-order valence-corrected chi connectivity index (χ1v) is 9.44. The Labute approximate surface area is 158 Å². The molecule has 0 saturated carbocycles. The summed E-state index contributed by atoms with van der Waals surface area (Å²) in [5.41, 5.74) is 5.71. The van der Waals surface area contributed by atoms with Gasteiger partial charge < -0.3 is 14.1 Å². The van der Waals surface area contributed by atoms with Crippen molar-refractivity contribution in [3.05, 3.63) is 71.5 Å². The van der Waals surface area contributed by atoms with Crippen LogP contribution in [0.15, 0.2) is 64.2 Å². The Morgan fingerprint density at radius 2 is 2.04 bits per heavy atom. The molecule has 0 spiro atoms. The van der Waals surface area contributed by atoms with Crippen LogP contribution >= 0.6 is 0 Å². The van der Waals surface area contributed by atoms with Crippen LogP contribution in [0.3, 0.4) is 0 Å². The molecule has 0 bridgehead atoms. The number of hydrogen-bond donors (Lipinski definition) is 0. The molecule has 136 valence electrons. The first kappa shape index (κ1) is 16.2. The van der Waals surface area contributed by atoms with E-state index < -0.39 is 0 Å². The number of ether oxygens (including phenoxy) is 1. The van der Waals surface area contributed by atoms with Gasteiger partial charge in [0, 0.05) is 29.3 Å². The number of fused-ring (bicyclic) bond motifs is 2. The van der Waals surface area contributed by atoms with Crippen molar-refractivity contribution in [1.82, 2.24) is 4.90 Å². The summed E-state index contributed by atoms with van der Waals surface area (Å²) in [5.74, 6) is 0.982. The summed E-state index contributed by atoms with van der Waals surface area (Å²) in [6, 6.07) is 15.0. The van der Waals surface area contributed by atoms with Crippen molar-refractivity contribution in [3.63, 3.8) is 0 Å². The minimum atomic E-state index is 0.0716. The van der Waals surface area contributed by atoms with E-state index in [9.17, 15) is 0 Å². The van der Waals surface area contributed by atoms with Crippen LogP contribution in [-0.4, -0.2) is 23.9 Å². The Morgan fingerprint density at radius 3 is 2.96 bits per heavy atom. The van der Waals surface area contributed by atoms with E-state index in [1.807, 2.05) is 18.5 Å². The summed E-state index contributed by atoms with van der Waals surface area (Å²) in [4.78, 5) is 7.10. The van der Waals surface area contributed by atoms with Crippen LogP contribution in [0.1, 0.15) is 36.1 Å². The van der Waals surface area contributed by atoms with E-state index in [4.69, 9.17) is 9.15 Å². The molecule has 0 saturated heterocycles. The normalized spacial score (nSPS) is 21.7. The van der Waals surface area contributed by atoms with E-state index in [2.05, 4.69) is 66.2 Å². The Kier molecular flexibility index (Phi) is 3.78. The molecule has 1 aromatic heterocycles. The number of allylic oxidation sites excluding steroid dienone is 1. The van der Waals surface area contributed by atoms with Crippen LogP contribution in [0.5, 0.6) is 5.75 Å². The largest absolute Gasteiger partial charge is 0.493 e. The molecule has 0 amide bonds. The van der Waals surface area contributed by atoms with Crippen LogP contribution < -0.4 is 4.74 Å². The zero-order valence-electron chi connectivity index (χ0n) is 15.6. The van der Waals surface area contributed by atoms with Gasteiger partial charge in [-0.15, -0.1) is 0 Å². The van der Waals surface area contributed by atoms with Crippen molar-refractivity contribution in [2.45, 2.75) is 32.5 Å². The highest BCUT2D eigenvalue weighted by atomic mass is 16.5. The summed E-state index contributed by atoms with van der Waals surface area (Å²) < 4.78 is 11.5. The van der Waals surface area contributed by atoms with Crippen LogP contribution in [0, 0.1) is 6.92 Å². The number of furan rings is 1. The van der Waals surface area contributed by atoms with Gasteiger partial charge >= 0.3 is 0 Å². The molecule has 2 aromatic carbocycles. The lowest BCUT2D eigenvalue weighted by Crippen LogP contribution is -2.38. The van der Waals surface area contributed by atoms with Crippen LogP contribution in [0.2, 0.25) is 0 Å². The van der Waals surface area contributed by atoms with Crippen molar-refractivity contribution in [2.75, 3.05) is 6.61 Å². The lowest BCUT2D eigenvalue weighted by molar-refractivity contribution is 0.165. The second-order valence-electron chi connectivity index (χ2n) is 7.21. The van der Waals surface area contributed by atoms with Gasteiger partial charge in [0.25, 0.3) is 0 Å². The molecule has 3 heterocycles. The highest BCUT2D eigenvalue weighted by Gasteiger charge is 2.32. The molecule has 1 unspecified atom stereocenters. The van der Waals surface area contributed by atoms with Crippen molar-refractivity contribution in [3.8, 4) is 5.75 Å². The molecule has 27 heavy (non-hydrogen) atoms. The molecular formula is C23H22N2O2. The third-order valence-electron chi connectivity index (χ3n) is 5.54. The van der Waals surface area contributed by atoms with Gasteiger partial charge in [-0.1, -0.05) is 18.2 Å². The summed E-state index contributed by atoms with van der Waals surface area (Å²) in [5, 5.41) is 1.16. The molecule has 0 radical (unpaired) electrons. The number of aliphatic imine (C=N–C) groups is 1. The van der Waals surface area contributed by atoms with Crippen LogP contribution in [0.4, 0.5) is 0 Å². The summed E-state index contributed by atoms with van der Waals surface area (Å²) >= 11 is 0. The summed E-state index contributed by atoms with van der Waals surface area (Å²) in [6.07, 6.45) is 6.88. The van der Waals surface area contributed by atoms with Gasteiger partial charge in [0.15, 0.2) is 0 Å². The van der Waals surface area contributed by atoms with Gasteiger partial charge in [-0.25, -0.2) is 0 Å². The monoisotopic (exact) mass is 358 g/mol. The van der Waals surface area contributed by atoms with E-state index in [1.165, 1.54) is 16.8 Å². The SMILES string of the molecule is Cc1coc2ccc(C3=CC=NC(C)N3[C@@H]3CCOc4ccccc43)cc12. The Balaban J connectivity index is 1.61. The number of aryl methyl sites for hydroxylation is 1. The number of hydrogen-bond acceptors (Lipinski definition) is 4. The van der Waals surface area contributed by atoms with Gasteiger partial charge in [-0.05, 0) is 55.3 Å². The van der Waals surface area contributed by atoms with Crippen LogP contribution in [-0.2, 0) is 0 Å². The number of benzene rings is 2. The maximum atomic E-state index is 5.89. The summed E-state index contributed by atoms with van der Waals surface area (Å²) in [7, 11) is 0. The minimum absolute atomic E-state index is 0.0716. The molecule has 3 aromatic rings. The van der Waals surface area contributed by atoms with Gasteiger partial charge in [-0.2, -0.15) is 0 Å². The fraction of sp³-hybridized carbons (Fsp3) is 0.261. The quantitative estimate of drug-likeness (QED) is 0.621. The highest BCUT2D eigenvalue weighted by molar-refractivity contribution is 5.90.